The van der Waals surface area contributed by atoms with Gasteiger partial charge in [0.2, 0.25) is 5.91 Å². The number of pyridine rings is 1. The number of hydrogen-bond acceptors (Lipinski definition) is 5. The molecule has 144 valence electrons. The molecule has 0 aliphatic carbocycles. The van der Waals surface area contributed by atoms with Gasteiger partial charge in [-0.1, -0.05) is 12.1 Å². The number of carbonyl (C=O) groups is 1. The molecule has 28 heavy (non-hydrogen) atoms. The van der Waals surface area contributed by atoms with Crippen LogP contribution in [0.2, 0.25) is 0 Å². The minimum atomic E-state index is -0.437. The maximum atomic E-state index is 12.7. The molecule has 3 aromatic rings. The van der Waals surface area contributed by atoms with Gasteiger partial charge in [-0.2, -0.15) is 5.10 Å². The van der Waals surface area contributed by atoms with E-state index in [2.05, 4.69) is 15.4 Å². The number of rotatable bonds is 6. The number of anilines is 1. The maximum absolute atomic E-state index is 12.7. The second kappa shape index (κ2) is 8.40. The highest BCUT2D eigenvalue weighted by molar-refractivity contribution is 5.88. The summed E-state index contributed by atoms with van der Waals surface area (Å²) in [6, 6.07) is 10.8. The molecule has 3 rings (SSSR count). The van der Waals surface area contributed by atoms with E-state index < -0.39 is 5.69 Å². The Kier molecular flexibility index (Phi) is 5.75. The standard InChI is InChI=1S/C19H19FN6O2/c1-13(27)24-17-5-2-15(3-6-17)16-4-7-18(22-10-16)25-12-23-26(19(25)28)11-14(8-20)9-21/h2-8,10,12H,9,11,21H2,1H3,(H,24,27)/b14-8-. The predicted molar refractivity (Wildman–Crippen MR) is 104 cm³/mol. The summed E-state index contributed by atoms with van der Waals surface area (Å²) in [7, 11) is 0. The second-order valence-electron chi connectivity index (χ2n) is 6.08. The van der Waals surface area contributed by atoms with E-state index in [1.807, 2.05) is 18.2 Å². The third kappa shape index (κ3) is 4.21. The highest BCUT2D eigenvalue weighted by Crippen LogP contribution is 2.21. The van der Waals surface area contributed by atoms with Gasteiger partial charge in [0, 0.05) is 30.9 Å². The van der Waals surface area contributed by atoms with Crippen LogP contribution in [0.15, 0.2) is 65.6 Å². The first-order chi connectivity index (χ1) is 13.5. The molecule has 1 aromatic carbocycles. The molecule has 0 unspecified atom stereocenters. The van der Waals surface area contributed by atoms with Gasteiger partial charge >= 0.3 is 5.69 Å². The maximum Gasteiger partial charge on any atom is 0.351 e. The molecule has 0 bridgehead atoms. The summed E-state index contributed by atoms with van der Waals surface area (Å²) in [6.45, 7) is 1.44. The first kappa shape index (κ1) is 19.2. The number of nitrogens with one attached hydrogen (secondary N) is 1. The average molecular weight is 382 g/mol. The fourth-order valence-corrected chi connectivity index (χ4v) is 2.59. The van der Waals surface area contributed by atoms with Gasteiger partial charge in [0.05, 0.1) is 12.9 Å². The van der Waals surface area contributed by atoms with Crippen LogP contribution in [0.5, 0.6) is 0 Å². The quantitative estimate of drug-likeness (QED) is 0.677. The zero-order valence-electron chi connectivity index (χ0n) is 15.2. The summed E-state index contributed by atoms with van der Waals surface area (Å²) in [4.78, 5) is 27.8. The number of nitrogens with zero attached hydrogens (tertiary/aromatic N) is 4. The van der Waals surface area contributed by atoms with Crippen molar-refractivity contribution in [2.45, 2.75) is 13.5 Å². The van der Waals surface area contributed by atoms with E-state index in [1.165, 1.54) is 17.8 Å². The molecule has 9 heteroatoms. The lowest BCUT2D eigenvalue weighted by molar-refractivity contribution is -0.114. The van der Waals surface area contributed by atoms with Crippen LogP contribution in [-0.2, 0) is 11.3 Å². The van der Waals surface area contributed by atoms with Crippen LogP contribution in [0.3, 0.4) is 0 Å². The Morgan fingerprint density at radius 1 is 1.21 bits per heavy atom. The fourth-order valence-electron chi connectivity index (χ4n) is 2.59. The van der Waals surface area contributed by atoms with Gasteiger partial charge in [0.15, 0.2) is 0 Å². The van der Waals surface area contributed by atoms with Gasteiger partial charge < -0.3 is 11.1 Å². The van der Waals surface area contributed by atoms with Crippen molar-refractivity contribution in [3.8, 4) is 16.9 Å². The summed E-state index contributed by atoms with van der Waals surface area (Å²) in [5, 5.41) is 6.68. The number of nitrogens with two attached hydrogens (primary N) is 1. The first-order valence-electron chi connectivity index (χ1n) is 8.49. The Morgan fingerprint density at radius 2 is 1.93 bits per heavy atom. The number of carbonyl (C=O) groups excluding carboxylic acids is 1. The monoisotopic (exact) mass is 382 g/mol. The Morgan fingerprint density at radius 3 is 2.50 bits per heavy atom. The molecular formula is C19H19FN6O2. The van der Waals surface area contributed by atoms with Gasteiger partial charge in [0.25, 0.3) is 0 Å². The SMILES string of the molecule is CC(=O)Nc1ccc(-c2ccc(-n3cnn(C/C(=C\F)CN)c3=O)nc2)cc1. The number of benzene rings is 1. The highest BCUT2D eigenvalue weighted by Gasteiger charge is 2.10. The summed E-state index contributed by atoms with van der Waals surface area (Å²) < 4.78 is 15.1. The Balaban J connectivity index is 1.80. The lowest BCUT2D eigenvalue weighted by Crippen LogP contribution is -2.26. The van der Waals surface area contributed by atoms with Crippen molar-refractivity contribution in [3.05, 3.63) is 71.3 Å². The third-order valence-corrected chi connectivity index (χ3v) is 4.04. The minimum Gasteiger partial charge on any atom is -0.327 e. The number of amides is 1. The van der Waals surface area contributed by atoms with Gasteiger partial charge in [0.1, 0.15) is 12.1 Å². The van der Waals surface area contributed by atoms with E-state index in [9.17, 15) is 14.0 Å². The molecule has 0 aliphatic rings. The summed E-state index contributed by atoms with van der Waals surface area (Å²) >= 11 is 0. The molecule has 0 saturated heterocycles. The van der Waals surface area contributed by atoms with Gasteiger partial charge in [-0.05, 0) is 35.4 Å². The van der Waals surface area contributed by atoms with Crippen LogP contribution in [0.4, 0.5) is 10.1 Å². The highest BCUT2D eigenvalue weighted by atomic mass is 19.1. The second-order valence-corrected chi connectivity index (χ2v) is 6.08. The van der Waals surface area contributed by atoms with E-state index >= 15 is 0 Å². The summed E-state index contributed by atoms with van der Waals surface area (Å²) in [5.41, 5.74) is 7.71. The van der Waals surface area contributed by atoms with E-state index in [0.29, 0.717) is 17.8 Å². The van der Waals surface area contributed by atoms with Crippen LogP contribution in [-0.4, -0.2) is 31.8 Å². The van der Waals surface area contributed by atoms with Crippen LogP contribution in [0, 0.1) is 0 Å². The van der Waals surface area contributed by atoms with E-state index in [4.69, 9.17) is 5.73 Å². The van der Waals surface area contributed by atoms with Crippen molar-refractivity contribution in [1.29, 1.82) is 0 Å². The van der Waals surface area contributed by atoms with Crippen LogP contribution in [0.25, 0.3) is 16.9 Å². The topological polar surface area (TPSA) is 108 Å². The molecule has 0 atom stereocenters. The van der Waals surface area contributed by atoms with Gasteiger partial charge in [-0.3, -0.25) is 4.79 Å². The Bertz CT molecular complexity index is 1050. The molecular weight excluding hydrogens is 363 g/mol. The van der Waals surface area contributed by atoms with Crippen molar-refractivity contribution in [3.63, 3.8) is 0 Å². The van der Waals surface area contributed by atoms with Crippen molar-refractivity contribution in [2.75, 3.05) is 11.9 Å². The molecule has 8 nitrogen and oxygen atoms in total. The zero-order valence-corrected chi connectivity index (χ0v) is 15.2. The lowest BCUT2D eigenvalue weighted by atomic mass is 10.1. The van der Waals surface area contributed by atoms with Crippen molar-refractivity contribution >= 4 is 11.6 Å². The molecule has 3 N–H and O–H groups in total. The van der Waals surface area contributed by atoms with Crippen molar-refractivity contribution < 1.29 is 9.18 Å². The van der Waals surface area contributed by atoms with E-state index in [-0.39, 0.29) is 24.6 Å². The molecule has 2 heterocycles. The van der Waals surface area contributed by atoms with Crippen LogP contribution >= 0.6 is 0 Å². The largest absolute Gasteiger partial charge is 0.351 e. The normalized spacial score (nSPS) is 11.5. The number of hydrogen-bond donors (Lipinski definition) is 2. The van der Waals surface area contributed by atoms with Crippen LogP contribution < -0.4 is 16.7 Å². The molecule has 0 radical (unpaired) electrons. The van der Waals surface area contributed by atoms with Crippen molar-refractivity contribution in [2.24, 2.45) is 5.73 Å². The van der Waals surface area contributed by atoms with Crippen molar-refractivity contribution in [1.82, 2.24) is 19.3 Å². The van der Waals surface area contributed by atoms with E-state index in [1.54, 1.807) is 24.4 Å². The smallest absolute Gasteiger partial charge is 0.327 e. The number of halogens is 1. The summed E-state index contributed by atoms with van der Waals surface area (Å²) in [6.07, 6.45) is 3.36. The molecule has 0 saturated carbocycles. The van der Waals surface area contributed by atoms with Crippen LogP contribution in [0.1, 0.15) is 6.92 Å². The lowest BCUT2D eigenvalue weighted by Gasteiger charge is -2.06. The Labute approximate surface area is 160 Å². The molecule has 0 aliphatic heterocycles. The summed E-state index contributed by atoms with van der Waals surface area (Å²) in [5.74, 6) is 0.263. The molecule has 0 fully saturated rings. The third-order valence-electron chi connectivity index (χ3n) is 4.04. The van der Waals surface area contributed by atoms with Gasteiger partial charge in [-0.15, -0.1) is 0 Å². The first-order valence-corrected chi connectivity index (χ1v) is 8.49. The van der Waals surface area contributed by atoms with Gasteiger partial charge in [-0.25, -0.2) is 23.4 Å². The average Bonchev–Trinajstić information content (AvgIpc) is 3.06. The molecule has 2 aromatic heterocycles. The fraction of sp³-hybridized carbons (Fsp3) is 0.158. The molecule has 0 spiro atoms. The Hall–Kier alpha value is -3.59. The van der Waals surface area contributed by atoms with E-state index in [0.717, 1.165) is 15.8 Å². The minimum absolute atomic E-state index is 0.00345. The zero-order chi connectivity index (χ0) is 20.1. The molecule has 1 amide bonds. The predicted octanol–water partition coefficient (Wildman–Crippen LogP) is 1.87. The number of aromatic nitrogens is 4.